The number of aromatic nitrogens is 3. The fourth-order valence-corrected chi connectivity index (χ4v) is 3.22. The Balaban J connectivity index is 1.80. The van der Waals surface area contributed by atoms with Crippen molar-refractivity contribution < 1.29 is 13.6 Å². The van der Waals surface area contributed by atoms with Crippen LogP contribution in [0.15, 0.2) is 36.7 Å². The van der Waals surface area contributed by atoms with Crippen molar-refractivity contribution in [2.24, 2.45) is 0 Å². The van der Waals surface area contributed by atoms with E-state index in [4.69, 9.17) is 0 Å². The highest BCUT2D eigenvalue weighted by atomic mass is 32.1. The molecule has 1 N–H and O–H groups in total. The molecule has 1 aromatic carbocycles. The van der Waals surface area contributed by atoms with Gasteiger partial charge in [-0.3, -0.25) is 4.79 Å². The molecule has 0 aliphatic heterocycles. The number of halogens is 2. The molecule has 0 aliphatic carbocycles. The minimum absolute atomic E-state index is 0.212. The van der Waals surface area contributed by atoms with Crippen LogP contribution in [0, 0.1) is 18.6 Å². The number of amides is 1. The maximum Gasteiger partial charge on any atom is 0.263 e. The first kappa shape index (κ1) is 17.1. The summed E-state index contributed by atoms with van der Waals surface area (Å²) < 4.78 is 26.9. The van der Waals surface area contributed by atoms with E-state index >= 15 is 0 Å². The third-order valence-corrected chi connectivity index (χ3v) is 4.69. The normalized spacial score (nSPS) is 12.0. The predicted molar refractivity (Wildman–Crippen MR) is 90.1 cm³/mol. The van der Waals surface area contributed by atoms with Gasteiger partial charge in [0.2, 0.25) is 0 Å². The van der Waals surface area contributed by atoms with E-state index < -0.39 is 17.7 Å². The molecule has 5 nitrogen and oxygen atoms in total. The first-order valence-corrected chi connectivity index (χ1v) is 8.28. The highest BCUT2D eigenvalue weighted by Crippen LogP contribution is 2.26. The number of hydrogen-bond acceptors (Lipinski definition) is 5. The molecule has 25 heavy (non-hydrogen) atoms. The fourth-order valence-electron chi connectivity index (χ4n) is 2.30. The van der Waals surface area contributed by atoms with Crippen LogP contribution < -0.4 is 5.32 Å². The number of aryl methyl sites for hydroxylation is 1. The zero-order chi connectivity index (χ0) is 18.0. The monoisotopic (exact) mass is 360 g/mol. The molecule has 0 unspecified atom stereocenters. The minimum Gasteiger partial charge on any atom is -0.345 e. The quantitative estimate of drug-likeness (QED) is 0.771. The van der Waals surface area contributed by atoms with Gasteiger partial charge in [-0.1, -0.05) is 6.07 Å². The topological polar surface area (TPSA) is 67.8 Å². The molecule has 1 atom stereocenters. The van der Waals surface area contributed by atoms with Crippen molar-refractivity contribution >= 4 is 17.2 Å². The summed E-state index contributed by atoms with van der Waals surface area (Å²) in [6.07, 6.45) is 3.19. The number of nitrogens with one attached hydrogen (secondary N) is 1. The smallest absolute Gasteiger partial charge is 0.263 e. The molecule has 1 amide bonds. The van der Waals surface area contributed by atoms with Gasteiger partial charge in [0.1, 0.15) is 16.5 Å². The van der Waals surface area contributed by atoms with Crippen molar-refractivity contribution in [3.63, 3.8) is 0 Å². The van der Waals surface area contributed by atoms with Crippen molar-refractivity contribution in [1.82, 2.24) is 20.3 Å². The van der Waals surface area contributed by atoms with Gasteiger partial charge in [-0.15, -0.1) is 11.3 Å². The number of hydrogen-bond donors (Lipinski definition) is 1. The van der Waals surface area contributed by atoms with Gasteiger partial charge in [-0.2, -0.15) is 0 Å². The van der Waals surface area contributed by atoms with Crippen molar-refractivity contribution in [1.29, 1.82) is 0 Å². The third-order valence-electron chi connectivity index (χ3n) is 3.54. The Morgan fingerprint density at radius 3 is 2.64 bits per heavy atom. The van der Waals surface area contributed by atoms with Crippen molar-refractivity contribution in [2.45, 2.75) is 19.9 Å². The van der Waals surface area contributed by atoms with Crippen LogP contribution in [-0.4, -0.2) is 20.9 Å². The van der Waals surface area contributed by atoms with E-state index in [2.05, 4.69) is 20.3 Å². The number of thiazole rings is 1. The minimum atomic E-state index is -0.702. The Hall–Kier alpha value is -2.74. The number of benzene rings is 1. The number of carbonyl (C=O) groups is 1. The zero-order valence-electron chi connectivity index (χ0n) is 13.5. The molecule has 0 saturated carbocycles. The maximum absolute atomic E-state index is 13.8. The van der Waals surface area contributed by atoms with Crippen LogP contribution in [0.3, 0.4) is 0 Å². The van der Waals surface area contributed by atoms with Crippen molar-refractivity contribution in [3.05, 3.63) is 64.4 Å². The van der Waals surface area contributed by atoms with Gasteiger partial charge in [0.05, 0.1) is 11.7 Å². The standard InChI is InChI=1S/C17H14F2N4OS/c1-9(12-5-4-11(18)8-13(12)19)22-16(24)14-10(2)23-17(25-14)15-20-6-3-7-21-15/h3-9H,1-2H3,(H,22,24)/t9-/m1/s1. The average Bonchev–Trinajstić information content (AvgIpc) is 2.97. The Bertz CT molecular complexity index is 914. The van der Waals surface area contributed by atoms with Gasteiger partial charge in [0, 0.05) is 24.0 Å². The summed E-state index contributed by atoms with van der Waals surface area (Å²) in [7, 11) is 0. The van der Waals surface area contributed by atoms with Crippen LogP contribution in [0.25, 0.3) is 10.8 Å². The lowest BCUT2D eigenvalue weighted by Gasteiger charge is -2.14. The fraction of sp³-hybridized carbons (Fsp3) is 0.176. The lowest BCUT2D eigenvalue weighted by atomic mass is 10.1. The van der Waals surface area contributed by atoms with Gasteiger partial charge in [-0.25, -0.2) is 23.7 Å². The molecule has 128 valence electrons. The number of carbonyl (C=O) groups excluding carboxylic acids is 1. The van der Waals surface area contributed by atoms with Crippen LogP contribution in [0.4, 0.5) is 8.78 Å². The summed E-state index contributed by atoms with van der Waals surface area (Å²) in [5.74, 6) is -1.31. The maximum atomic E-state index is 13.8. The van der Waals surface area contributed by atoms with E-state index in [-0.39, 0.29) is 11.5 Å². The lowest BCUT2D eigenvalue weighted by molar-refractivity contribution is 0.0942. The second kappa shape index (κ2) is 7.02. The van der Waals surface area contributed by atoms with Crippen LogP contribution in [0.5, 0.6) is 0 Å². The summed E-state index contributed by atoms with van der Waals surface area (Å²) >= 11 is 1.16. The van der Waals surface area contributed by atoms with Gasteiger partial charge in [0.25, 0.3) is 5.91 Å². The van der Waals surface area contributed by atoms with E-state index in [1.165, 1.54) is 6.07 Å². The summed E-state index contributed by atoms with van der Waals surface area (Å²) in [4.78, 5) is 25.4. The highest BCUT2D eigenvalue weighted by Gasteiger charge is 2.20. The lowest BCUT2D eigenvalue weighted by Crippen LogP contribution is -2.27. The van der Waals surface area contributed by atoms with E-state index in [1.54, 1.807) is 32.3 Å². The Labute approximate surface area is 146 Å². The second-order valence-electron chi connectivity index (χ2n) is 5.37. The summed E-state index contributed by atoms with van der Waals surface area (Å²) in [5, 5.41) is 3.24. The largest absolute Gasteiger partial charge is 0.345 e. The molecule has 0 fully saturated rings. The summed E-state index contributed by atoms with van der Waals surface area (Å²) in [6, 6.07) is 4.34. The molecular weight excluding hydrogens is 346 g/mol. The van der Waals surface area contributed by atoms with E-state index in [9.17, 15) is 13.6 Å². The zero-order valence-corrected chi connectivity index (χ0v) is 14.3. The van der Waals surface area contributed by atoms with Gasteiger partial charge >= 0.3 is 0 Å². The predicted octanol–water partition coefficient (Wildman–Crippen LogP) is 3.68. The molecule has 3 aromatic rings. The molecule has 8 heteroatoms. The molecule has 0 bridgehead atoms. The SMILES string of the molecule is Cc1nc(-c2ncccn2)sc1C(=O)N[C@H](C)c1ccc(F)cc1F. The summed E-state index contributed by atoms with van der Waals surface area (Å²) in [5.41, 5.74) is 0.750. The van der Waals surface area contributed by atoms with E-state index in [1.807, 2.05) is 0 Å². The van der Waals surface area contributed by atoms with Crippen LogP contribution in [0.1, 0.15) is 33.9 Å². The molecule has 0 saturated heterocycles. The third kappa shape index (κ3) is 3.69. The van der Waals surface area contributed by atoms with Crippen molar-refractivity contribution in [2.75, 3.05) is 0 Å². The Morgan fingerprint density at radius 2 is 1.96 bits per heavy atom. The summed E-state index contributed by atoms with van der Waals surface area (Å²) in [6.45, 7) is 3.34. The molecule has 0 aliphatic rings. The Kier molecular flexibility index (Phi) is 4.80. The van der Waals surface area contributed by atoms with E-state index in [0.717, 1.165) is 23.5 Å². The first-order chi connectivity index (χ1) is 12.0. The van der Waals surface area contributed by atoms with Gasteiger partial charge < -0.3 is 5.32 Å². The number of nitrogens with zero attached hydrogens (tertiary/aromatic N) is 3. The van der Waals surface area contributed by atoms with Gasteiger partial charge in [-0.05, 0) is 26.0 Å². The Morgan fingerprint density at radius 1 is 1.24 bits per heavy atom. The second-order valence-corrected chi connectivity index (χ2v) is 6.37. The van der Waals surface area contributed by atoms with Gasteiger partial charge in [0.15, 0.2) is 10.8 Å². The highest BCUT2D eigenvalue weighted by molar-refractivity contribution is 7.17. The molecule has 2 heterocycles. The molecule has 2 aromatic heterocycles. The molecule has 3 rings (SSSR count). The van der Waals surface area contributed by atoms with Crippen LogP contribution >= 0.6 is 11.3 Å². The average molecular weight is 360 g/mol. The van der Waals surface area contributed by atoms with Crippen LogP contribution in [0.2, 0.25) is 0 Å². The van der Waals surface area contributed by atoms with E-state index in [0.29, 0.717) is 21.4 Å². The molecule has 0 spiro atoms. The molecule has 0 radical (unpaired) electrons. The number of rotatable bonds is 4. The van der Waals surface area contributed by atoms with Crippen molar-refractivity contribution in [3.8, 4) is 10.8 Å². The van der Waals surface area contributed by atoms with Crippen LogP contribution in [-0.2, 0) is 0 Å². The molecular formula is C17H14F2N4OS. The first-order valence-electron chi connectivity index (χ1n) is 7.46.